The van der Waals surface area contributed by atoms with Crippen LogP contribution in [-0.2, 0) is 6.42 Å². The molecule has 1 amide bonds. The number of nitriles is 1. The fourth-order valence-electron chi connectivity index (χ4n) is 3.87. The van der Waals surface area contributed by atoms with Gasteiger partial charge in [-0.25, -0.2) is 0 Å². The van der Waals surface area contributed by atoms with Gasteiger partial charge in [0.1, 0.15) is 0 Å². The number of rotatable bonds is 3. The summed E-state index contributed by atoms with van der Waals surface area (Å²) in [5, 5.41) is 12.6. The van der Waals surface area contributed by atoms with Gasteiger partial charge in [-0.2, -0.15) is 5.26 Å². The Balaban J connectivity index is 1.68. The van der Waals surface area contributed by atoms with Gasteiger partial charge in [-0.15, -0.1) is 0 Å². The van der Waals surface area contributed by atoms with Crippen LogP contribution >= 0.6 is 0 Å². The first-order valence-electron chi connectivity index (χ1n) is 9.25. The summed E-state index contributed by atoms with van der Waals surface area (Å²) in [6.45, 7) is 0. The second-order valence-electron chi connectivity index (χ2n) is 6.82. The molecule has 1 N–H and O–H groups in total. The van der Waals surface area contributed by atoms with Crippen LogP contribution in [0.1, 0.15) is 45.9 Å². The quantitative estimate of drug-likeness (QED) is 0.718. The second-order valence-corrected chi connectivity index (χ2v) is 6.82. The molecule has 27 heavy (non-hydrogen) atoms. The molecule has 132 valence electrons. The molecule has 3 aromatic carbocycles. The molecule has 0 aromatic heterocycles. The van der Waals surface area contributed by atoms with Crippen molar-refractivity contribution in [3.05, 3.63) is 95.1 Å². The summed E-state index contributed by atoms with van der Waals surface area (Å²) in [7, 11) is 0. The van der Waals surface area contributed by atoms with Crippen molar-refractivity contribution in [3.63, 3.8) is 0 Å². The zero-order chi connectivity index (χ0) is 18.6. The topological polar surface area (TPSA) is 52.9 Å². The zero-order valence-corrected chi connectivity index (χ0v) is 15.0. The standard InChI is InChI=1S/C24H20N2O/c25-16-18-9-2-3-11-19(18)21-13-5-6-14-22(21)24(27)26-23-15-7-10-17-8-1-4-12-20(17)23/h1-6,8-9,11-14,23H,7,10,15H2,(H,26,27). The van der Waals surface area contributed by atoms with Crippen molar-refractivity contribution in [1.82, 2.24) is 5.32 Å². The summed E-state index contributed by atoms with van der Waals surface area (Å²) in [6, 6.07) is 25.5. The Morgan fingerprint density at radius 2 is 1.63 bits per heavy atom. The maximum absolute atomic E-state index is 13.1. The van der Waals surface area contributed by atoms with E-state index in [1.54, 1.807) is 6.07 Å². The number of carbonyl (C=O) groups excluding carboxylic acids is 1. The molecule has 0 aliphatic heterocycles. The second kappa shape index (κ2) is 7.47. The predicted octanol–water partition coefficient (Wildman–Crippen LogP) is 5.03. The molecule has 3 nitrogen and oxygen atoms in total. The highest BCUT2D eigenvalue weighted by Gasteiger charge is 2.23. The lowest BCUT2D eigenvalue weighted by Crippen LogP contribution is -2.31. The summed E-state index contributed by atoms with van der Waals surface area (Å²) in [5.41, 5.74) is 5.28. The number of fused-ring (bicyclic) bond motifs is 1. The van der Waals surface area contributed by atoms with Gasteiger partial charge in [-0.3, -0.25) is 4.79 Å². The number of benzene rings is 3. The molecular weight excluding hydrogens is 332 g/mol. The van der Waals surface area contributed by atoms with Crippen molar-refractivity contribution in [1.29, 1.82) is 5.26 Å². The first kappa shape index (κ1) is 17.1. The van der Waals surface area contributed by atoms with E-state index < -0.39 is 0 Å². The average Bonchev–Trinajstić information content (AvgIpc) is 2.74. The fraction of sp³-hybridized carbons (Fsp3) is 0.167. The Morgan fingerprint density at radius 1 is 0.926 bits per heavy atom. The molecule has 3 aromatic rings. The third-order valence-electron chi connectivity index (χ3n) is 5.18. The molecule has 1 aliphatic rings. The van der Waals surface area contributed by atoms with Crippen molar-refractivity contribution < 1.29 is 4.79 Å². The van der Waals surface area contributed by atoms with Crippen LogP contribution in [0.25, 0.3) is 11.1 Å². The van der Waals surface area contributed by atoms with Gasteiger partial charge in [0.25, 0.3) is 5.91 Å². The predicted molar refractivity (Wildman–Crippen MR) is 106 cm³/mol. The number of hydrogen-bond acceptors (Lipinski definition) is 2. The largest absolute Gasteiger partial charge is 0.345 e. The highest BCUT2D eigenvalue weighted by atomic mass is 16.1. The molecule has 0 heterocycles. The molecule has 4 rings (SSSR count). The summed E-state index contributed by atoms with van der Waals surface area (Å²) in [4.78, 5) is 13.1. The summed E-state index contributed by atoms with van der Waals surface area (Å²) >= 11 is 0. The van der Waals surface area contributed by atoms with Crippen LogP contribution in [-0.4, -0.2) is 5.91 Å². The molecule has 0 fully saturated rings. The Hall–Kier alpha value is -3.38. The Kier molecular flexibility index (Phi) is 4.72. The summed E-state index contributed by atoms with van der Waals surface area (Å²) in [6.07, 6.45) is 3.08. The van der Waals surface area contributed by atoms with Crippen LogP contribution in [0.2, 0.25) is 0 Å². The van der Waals surface area contributed by atoms with Crippen molar-refractivity contribution in [2.75, 3.05) is 0 Å². The van der Waals surface area contributed by atoms with Crippen LogP contribution in [0.5, 0.6) is 0 Å². The number of nitrogens with one attached hydrogen (secondary N) is 1. The molecule has 1 unspecified atom stereocenters. The number of aryl methyl sites for hydroxylation is 1. The van der Waals surface area contributed by atoms with E-state index >= 15 is 0 Å². The molecule has 0 radical (unpaired) electrons. The number of hydrogen-bond donors (Lipinski definition) is 1. The maximum Gasteiger partial charge on any atom is 0.252 e. The Labute approximate surface area is 159 Å². The molecule has 3 heteroatoms. The van der Waals surface area contributed by atoms with Crippen LogP contribution in [0.4, 0.5) is 0 Å². The van der Waals surface area contributed by atoms with Gasteiger partial charge in [0, 0.05) is 11.1 Å². The van der Waals surface area contributed by atoms with Crippen LogP contribution in [0.15, 0.2) is 72.8 Å². The molecule has 1 aliphatic carbocycles. The lowest BCUT2D eigenvalue weighted by molar-refractivity contribution is 0.0933. The van der Waals surface area contributed by atoms with Crippen molar-refractivity contribution >= 4 is 5.91 Å². The van der Waals surface area contributed by atoms with Gasteiger partial charge >= 0.3 is 0 Å². The highest BCUT2D eigenvalue weighted by molar-refractivity contribution is 6.01. The van der Waals surface area contributed by atoms with Gasteiger partial charge in [0.15, 0.2) is 0 Å². The van der Waals surface area contributed by atoms with Crippen LogP contribution in [0.3, 0.4) is 0 Å². The lowest BCUT2D eigenvalue weighted by Gasteiger charge is -2.26. The number of nitrogens with zero attached hydrogens (tertiary/aromatic N) is 1. The van der Waals surface area contributed by atoms with E-state index in [9.17, 15) is 10.1 Å². The smallest absolute Gasteiger partial charge is 0.252 e. The average molecular weight is 352 g/mol. The molecule has 0 saturated heterocycles. The van der Waals surface area contributed by atoms with E-state index in [1.165, 1.54) is 11.1 Å². The van der Waals surface area contributed by atoms with E-state index in [0.29, 0.717) is 11.1 Å². The van der Waals surface area contributed by atoms with E-state index in [-0.39, 0.29) is 11.9 Å². The van der Waals surface area contributed by atoms with Crippen molar-refractivity contribution in [2.24, 2.45) is 0 Å². The lowest BCUT2D eigenvalue weighted by atomic mass is 9.87. The SMILES string of the molecule is N#Cc1ccccc1-c1ccccc1C(=O)NC1CCCc2ccccc21. The van der Waals surface area contributed by atoms with Gasteiger partial charge in [-0.1, -0.05) is 60.7 Å². The molecule has 1 atom stereocenters. The Morgan fingerprint density at radius 3 is 2.48 bits per heavy atom. The van der Waals surface area contributed by atoms with E-state index in [4.69, 9.17) is 0 Å². The van der Waals surface area contributed by atoms with E-state index in [0.717, 1.165) is 30.4 Å². The van der Waals surface area contributed by atoms with Crippen LogP contribution in [0, 0.1) is 11.3 Å². The zero-order valence-electron chi connectivity index (χ0n) is 15.0. The van der Waals surface area contributed by atoms with E-state index in [1.807, 2.05) is 48.5 Å². The maximum atomic E-state index is 13.1. The summed E-state index contributed by atoms with van der Waals surface area (Å²) in [5.74, 6) is -0.0972. The molecular formula is C24H20N2O. The minimum atomic E-state index is -0.0972. The van der Waals surface area contributed by atoms with Crippen molar-refractivity contribution in [3.8, 4) is 17.2 Å². The number of amides is 1. The first-order valence-corrected chi connectivity index (χ1v) is 9.25. The molecule has 0 spiro atoms. The summed E-state index contributed by atoms with van der Waals surface area (Å²) < 4.78 is 0. The third kappa shape index (κ3) is 3.35. The minimum absolute atomic E-state index is 0.0294. The first-order chi connectivity index (χ1) is 13.3. The minimum Gasteiger partial charge on any atom is -0.345 e. The Bertz CT molecular complexity index is 1030. The normalized spacial score (nSPS) is 15.4. The fourth-order valence-corrected chi connectivity index (χ4v) is 3.87. The van der Waals surface area contributed by atoms with E-state index in [2.05, 4.69) is 29.6 Å². The highest BCUT2D eigenvalue weighted by Crippen LogP contribution is 2.31. The molecule has 0 bridgehead atoms. The monoisotopic (exact) mass is 352 g/mol. The van der Waals surface area contributed by atoms with Crippen molar-refractivity contribution in [2.45, 2.75) is 25.3 Å². The van der Waals surface area contributed by atoms with Gasteiger partial charge in [0.2, 0.25) is 0 Å². The van der Waals surface area contributed by atoms with Gasteiger partial charge in [0.05, 0.1) is 17.7 Å². The number of carbonyl (C=O) groups is 1. The third-order valence-corrected chi connectivity index (χ3v) is 5.18. The molecule has 0 saturated carbocycles. The van der Waals surface area contributed by atoms with Gasteiger partial charge < -0.3 is 5.32 Å². The van der Waals surface area contributed by atoms with Crippen LogP contribution < -0.4 is 5.32 Å². The van der Waals surface area contributed by atoms with Gasteiger partial charge in [-0.05, 0) is 48.1 Å².